The number of fused-ring (bicyclic) bond motifs is 1. The molecule has 1 aliphatic heterocycles. The third kappa shape index (κ3) is 4.32. The molecule has 172 valence electrons. The molecule has 9 heteroatoms. The van der Waals surface area contributed by atoms with Gasteiger partial charge in [-0.15, -0.1) is 0 Å². The first kappa shape index (κ1) is 21.9. The molecule has 0 unspecified atom stereocenters. The number of carbonyl (C=O) groups is 1. The molecule has 1 saturated heterocycles. The zero-order chi connectivity index (χ0) is 23.7. The molecule has 2 heterocycles. The summed E-state index contributed by atoms with van der Waals surface area (Å²) in [5.41, 5.74) is 3.55. The SMILES string of the molecule is O=C(Nc1ccc(Cl)c(-c2nc3ccccc3[nH]2)c1)c1ccc(N2CCCCC2)c([N+](=O)[O-])c1. The van der Waals surface area contributed by atoms with Crippen molar-refractivity contribution in [1.82, 2.24) is 9.97 Å². The molecule has 0 bridgehead atoms. The van der Waals surface area contributed by atoms with Crippen molar-refractivity contribution >= 4 is 45.6 Å². The number of hydrogen-bond acceptors (Lipinski definition) is 5. The highest BCUT2D eigenvalue weighted by atomic mass is 35.5. The molecule has 1 fully saturated rings. The van der Waals surface area contributed by atoms with Crippen molar-refractivity contribution in [1.29, 1.82) is 0 Å². The Balaban J connectivity index is 1.41. The van der Waals surface area contributed by atoms with Gasteiger partial charge in [-0.2, -0.15) is 0 Å². The molecular formula is C25H22ClN5O3. The first-order chi connectivity index (χ1) is 16.5. The summed E-state index contributed by atoms with van der Waals surface area (Å²) in [6, 6.07) is 17.4. The number of benzene rings is 3. The Morgan fingerprint density at radius 3 is 2.62 bits per heavy atom. The van der Waals surface area contributed by atoms with E-state index in [2.05, 4.69) is 15.3 Å². The van der Waals surface area contributed by atoms with Crippen molar-refractivity contribution in [3.8, 4) is 11.4 Å². The average Bonchev–Trinajstić information content (AvgIpc) is 3.29. The van der Waals surface area contributed by atoms with Crippen LogP contribution in [0.15, 0.2) is 60.7 Å². The molecule has 2 N–H and O–H groups in total. The predicted molar refractivity (Wildman–Crippen MR) is 134 cm³/mol. The van der Waals surface area contributed by atoms with Crippen LogP contribution >= 0.6 is 11.6 Å². The van der Waals surface area contributed by atoms with Crippen molar-refractivity contribution < 1.29 is 9.72 Å². The van der Waals surface area contributed by atoms with Crippen LogP contribution in [0.3, 0.4) is 0 Å². The molecule has 0 spiro atoms. The standard InChI is InChI=1S/C25H22ClN5O3/c26-19-10-9-17(15-18(19)24-28-20-6-2-3-7-21(20)29-24)27-25(32)16-8-11-22(23(14-16)31(33)34)30-12-4-1-5-13-30/h2-3,6-11,14-15H,1,4-5,12-13H2,(H,27,32)(H,28,29). The maximum atomic E-state index is 12.9. The van der Waals surface area contributed by atoms with Gasteiger partial charge in [0.1, 0.15) is 11.5 Å². The quantitative estimate of drug-likeness (QED) is 0.270. The van der Waals surface area contributed by atoms with E-state index >= 15 is 0 Å². The number of aromatic nitrogens is 2. The van der Waals surface area contributed by atoms with Gasteiger partial charge in [0.05, 0.1) is 21.0 Å². The largest absolute Gasteiger partial charge is 0.366 e. The Hall–Kier alpha value is -3.91. The van der Waals surface area contributed by atoms with E-state index in [1.165, 1.54) is 6.07 Å². The number of hydrogen-bond donors (Lipinski definition) is 2. The van der Waals surface area contributed by atoms with E-state index in [0.717, 1.165) is 43.4 Å². The van der Waals surface area contributed by atoms with Gasteiger partial charge in [-0.25, -0.2) is 4.98 Å². The lowest BCUT2D eigenvalue weighted by atomic mass is 10.1. The summed E-state index contributed by atoms with van der Waals surface area (Å²) < 4.78 is 0. The van der Waals surface area contributed by atoms with E-state index in [4.69, 9.17) is 11.6 Å². The normalized spacial score (nSPS) is 13.7. The highest BCUT2D eigenvalue weighted by molar-refractivity contribution is 6.33. The molecule has 0 radical (unpaired) electrons. The number of H-pyrrole nitrogens is 1. The smallest absolute Gasteiger partial charge is 0.293 e. The van der Waals surface area contributed by atoms with Gasteiger partial charge in [0.15, 0.2) is 0 Å². The number of amides is 1. The number of carbonyl (C=O) groups excluding carboxylic acids is 1. The van der Waals surface area contributed by atoms with Gasteiger partial charge in [-0.05, 0) is 61.7 Å². The number of nitrogens with zero attached hydrogens (tertiary/aromatic N) is 3. The van der Waals surface area contributed by atoms with Crippen LogP contribution in [-0.2, 0) is 0 Å². The van der Waals surface area contributed by atoms with Gasteiger partial charge in [0.2, 0.25) is 0 Å². The van der Waals surface area contributed by atoms with Gasteiger partial charge < -0.3 is 15.2 Å². The minimum Gasteiger partial charge on any atom is -0.366 e. The second kappa shape index (κ2) is 9.15. The van der Waals surface area contributed by atoms with Crippen molar-refractivity contribution in [2.24, 2.45) is 0 Å². The number of anilines is 2. The molecule has 1 aliphatic rings. The van der Waals surface area contributed by atoms with Gasteiger partial charge in [0, 0.05) is 36.0 Å². The monoisotopic (exact) mass is 475 g/mol. The molecule has 5 rings (SSSR count). The highest BCUT2D eigenvalue weighted by Crippen LogP contribution is 2.33. The summed E-state index contributed by atoms with van der Waals surface area (Å²) in [4.78, 5) is 34.1. The van der Waals surface area contributed by atoms with Crippen LogP contribution in [0, 0.1) is 10.1 Å². The molecular weight excluding hydrogens is 454 g/mol. The van der Waals surface area contributed by atoms with Crippen LogP contribution in [-0.4, -0.2) is 33.9 Å². The van der Waals surface area contributed by atoms with E-state index in [9.17, 15) is 14.9 Å². The fourth-order valence-electron chi connectivity index (χ4n) is 4.28. The fourth-order valence-corrected chi connectivity index (χ4v) is 4.49. The maximum absolute atomic E-state index is 12.9. The Morgan fingerprint density at radius 1 is 1.06 bits per heavy atom. The summed E-state index contributed by atoms with van der Waals surface area (Å²) in [6.45, 7) is 1.56. The number of nitro benzene ring substituents is 1. The summed E-state index contributed by atoms with van der Waals surface area (Å²) >= 11 is 6.41. The molecule has 0 aliphatic carbocycles. The second-order valence-electron chi connectivity index (χ2n) is 8.26. The van der Waals surface area contributed by atoms with Crippen molar-refractivity contribution in [2.75, 3.05) is 23.3 Å². The number of piperidine rings is 1. The zero-order valence-corrected chi connectivity index (χ0v) is 19.0. The van der Waals surface area contributed by atoms with Gasteiger partial charge in [-0.1, -0.05) is 23.7 Å². The lowest BCUT2D eigenvalue weighted by Crippen LogP contribution is -2.30. The average molecular weight is 476 g/mol. The van der Waals surface area contributed by atoms with Crippen LogP contribution in [0.2, 0.25) is 5.02 Å². The van der Waals surface area contributed by atoms with Crippen LogP contribution in [0.1, 0.15) is 29.6 Å². The van der Waals surface area contributed by atoms with Gasteiger partial charge in [-0.3, -0.25) is 14.9 Å². The first-order valence-corrected chi connectivity index (χ1v) is 11.5. The number of nitrogens with one attached hydrogen (secondary N) is 2. The molecule has 4 aromatic rings. The van der Waals surface area contributed by atoms with Crippen LogP contribution in [0.25, 0.3) is 22.4 Å². The maximum Gasteiger partial charge on any atom is 0.293 e. The number of halogens is 1. The van der Waals surface area contributed by atoms with Gasteiger partial charge in [0.25, 0.3) is 11.6 Å². The fraction of sp³-hybridized carbons (Fsp3) is 0.200. The van der Waals surface area contributed by atoms with E-state index < -0.39 is 10.8 Å². The molecule has 8 nitrogen and oxygen atoms in total. The van der Waals surface area contributed by atoms with Crippen LogP contribution in [0.5, 0.6) is 0 Å². The number of nitro groups is 1. The minimum atomic E-state index is -0.439. The first-order valence-electron chi connectivity index (χ1n) is 11.1. The second-order valence-corrected chi connectivity index (χ2v) is 8.67. The number of aromatic amines is 1. The topological polar surface area (TPSA) is 104 Å². The summed E-state index contributed by atoms with van der Waals surface area (Å²) in [6.07, 6.45) is 3.13. The molecule has 3 aromatic carbocycles. The third-order valence-corrected chi connectivity index (χ3v) is 6.33. The summed E-state index contributed by atoms with van der Waals surface area (Å²) in [5, 5.41) is 15.0. The van der Waals surface area contributed by atoms with Crippen molar-refractivity contribution in [3.05, 3.63) is 81.4 Å². The summed E-state index contributed by atoms with van der Waals surface area (Å²) in [7, 11) is 0. The highest BCUT2D eigenvalue weighted by Gasteiger charge is 2.23. The molecule has 0 saturated carbocycles. The molecule has 0 atom stereocenters. The lowest BCUT2D eigenvalue weighted by Gasteiger charge is -2.28. The molecule has 1 amide bonds. The third-order valence-electron chi connectivity index (χ3n) is 6.00. The molecule has 1 aromatic heterocycles. The van der Waals surface area contributed by atoms with E-state index in [1.807, 2.05) is 29.2 Å². The zero-order valence-electron chi connectivity index (χ0n) is 18.3. The Morgan fingerprint density at radius 2 is 1.85 bits per heavy atom. The van der Waals surface area contributed by atoms with Crippen molar-refractivity contribution in [2.45, 2.75) is 19.3 Å². The Labute approximate surface area is 200 Å². The molecule has 34 heavy (non-hydrogen) atoms. The van der Waals surface area contributed by atoms with E-state index in [-0.39, 0.29) is 11.3 Å². The van der Waals surface area contributed by atoms with Gasteiger partial charge >= 0.3 is 0 Å². The van der Waals surface area contributed by atoms with Crippen molar-refractivity contribution in [3.63, 3.8) is 0 Å². The van der Waals surface area contributed by atoms with E-state index in [0.29, 0.717) is 27.8 Å². The van der Waals surface area contributed by atoms with Crippen LogP contribution < -0.4 is 10.2 Å². The van der Waals surface area contributed by atoms with E-state index in [1.54, 1.807) is 30.3 Å². The predicted octanol–water partition coefficient (Wildman–Crippen LogP) is 6.03. The number of imidazole rings is 1. The minimum absolute atomic E-state index is 0.0615. The number of rotatable bonds is 5. The lowest BCUT2D eigenvalue weighted by molar-refractivity contribution is -0.384. The summed E-state index contributed by atoms with van der Waals surface area (Å²) in [5.74, 6) is 0.148. The number of para-hydroxylation sites is 2. The Kier molecular flexibility index (Phi) is 5.90. The Bertz CT molecular complexity index is 1360. The van der Waals surface area contributed by atoms with Crippen LogP contribution in [0.4, 0.5) is 17.1 Å².